The first-order chi connectivity index (χ1) is 6.26. The first-order valence-electron chi connectivity index (χ1n) is 4.98. The monoisotopic (exact) mass is 179 g/mol. The molecule has 0 aliphatic carbocycles. The lowest BCUT2D eigenvalue weighted by Crippen LogP contribution is -2.07. The van der Waals surface area contributed by atoms with Gasteiger partial charge in [0.2, 0.25) is 0 Å². The average molecular weight is 179 g/mol. The van der Waals surface area contributed by atoms with Gasteiger partial charge in [-0.25, -0.2) is 0 Å². The van der Waals surface area contributed by atoms with Crippen LogP contribution in [0.25, 0.3) is 0 Å². The topological polar surface area (TPSA) is 3.24 Å². The van der Waals surface area contributed by atoms with Crippen molar-refractivity contribution < 1.29 is 0 Å². The summed E-state index contributed by atoms with van der Waals surface area (Å²) in [5.41, 5.74) is 1.27. The maximum atomic E-state index is 2.23. The van der Waals surface area contributed by atoms with Gasteiger partial charge in [0.1, 0.15) is 0 Å². The standard InChI is InChI=1S/C12H21N/c1-5-8-10-12(9-6-2)13(4)11-7-3/h7-11H,5-6H2,1-4H3. The normalized spacial score (nSPS) is 13.1. The Bertz CT molecular complexity index is 199. The molecule has 0 atom stereocenters. The highest BCUT2D eigenvalue weighted by Crippen LogP contribution is 2.06. The molecule has 0 aromatic rings. The maximum Gasteiger partial charge on any atom is 0.0359 e. The van der Waals surface area contributed by atoms with Gasteiger partial charge in [0, 0.05) is 12.7 Å². The fraction of sp³-hybridized carbons (Fsp3) is 0.500. The average Bonchev–Trinajstić information content (AvgIpc) is 2.12. The van der Waals surface area contributed by atoms with Crippen molar-refractivity contribution in [3.8, 4) is 0 Å². The summed E-state index contributed by atoms with van der Waals surface area (Å²) < 4.78 is 0. The maximum absolute atomic E-state index is 2.23. The van der Waals surface area contributed by atoms with Gasteiger partial charge in [-0.2, -0.15) is 0 Å². The molecule has 0 N–H and O–H groups in total. The smallest absolute Gasteiger partial charge is 0.0359 e. The summed E-state index contributed by atoms with van der Waals surface area (Å²) in [6.07, 6.45) is 12.9. The Labute approximate surface area is 82.4 Å². The van der Waals surface area contributed by atoms with Gasteiger partial charge < -0.3 is 4.90 Å². The van der Waals surface area contributed by atoms with Crippen molar-refractivity contribution in [1.82, 2.24) is 4.90 Å². The molecule has 0 unspecified atom stereocenters. The molecule has 0 aromatic heterocycles. The second-order valence-corrected chi connectivity index (χ2v) is 2.94. The Morgan fingerprint density at radius 3 is 2.38 bits per heavy atom. The summed E-state index contributed by atoms with van der Waals surface area (Å²) in [7, 11) is 2.07. The second-order valence-electron chi connectivity index (χ2n) is 2.94. The molecule has 13 heavy (non-hydrogen) atoms. The second kappa shape index (κ2) is 7.66. The minimum atomic E-state index is 1.07. The molecule has 0 rings (SSSR count). The van der Waals surface area contributed by atoms with Crippen molar-refractivity contribution in [3.63, 3.8) is 0 Å². The molecule has 0 spiro atoms. The molecule has 1 heteroatoms. The molecule has 74 valence electrons. The molecule has 0 saturated carbocycles. The molecule has 0 heterocycles. The molecular weight excluding hydrogens is 158 g/mol. The minimum absolute atomic E-state index is 1.07. The lowest BCUT2D eigenvalue weighted by atomic mass is 10.2. The fourth-order valence-corrected chi connectivity index (χ4v) is 1.09. The Hall–Kier alpha value is -0.980. The Kier molecular flexibility index (Phi) is 7.08. The van der Waals surface area contributed by atoms with Crippen molar-refractivity contribution in [1.29, 1.82) is 0 Å². The van der Waals surface area contributed by atoms with Gasteiger partial charge >= 0.3 is 0 Å². The van der Waals surface area contributed by atoms with Crippen LogP contribution >= 0.6 is 0 Å². The molecule has 0 saturated heterocycles. The number of allylic oxidation sites excluding steroid dienone is 4. The van der Waals surface area contributed by atoms with Gasteiger partial charge in [-0.05, 0) is 32.0 Å². The van der Waals surface area contributed by atoms with Gasteiger partial charge in [0.05, 0.1) is 0 Å². The van der Waals surface area contributed by atoms with Gasteiger partial charge in [0.25, 0.3) is 0 Å². The van der Waals surface area contributed by atoms with Crippen molar-refractivity contribution >= 4 is 0 Å². The highest BCUT2D eigenvalue weighted by atomic mass is 15.1. The molecule has 0 radical (unpaired) electrons. The van der Waals surface area contributed by atoms with E-state index in [2.05, 4.69) is 50.2 Å². The van der Waals surface area contributed by atoms with Gasteiger partial charge in [0.15, 0.2) is 0 Å². The lowest BCUT2D eigenvalue weighted by molar-refractivity contribution is 0.584. The van der Waals surface area contributed by atoms with Crippen LogP contribution in [-0.2, 0) is 0 Å². The van der Waals surface area contributed by atoms with Crippen molar-refractivity contribution in [2.24, 2.45) is 0 Å². The van der Waals surface area contributed by atoms with Crippen LogP contribution in [0.4, 0.5) is 0 Å². The zero-order valence-electron chi connectivity index (χ0n) is 9.25. The fourth-order valence-electron chi connectivity index (χ4n) is 1.09. The van der Waals surface area contributed by atoms with Crippen LogP contribution in [0.3, 0.4) is 0 Å². The summed E-state index contributed by atoms with van der Waals surface area (Å²) in [5.74, 6) is 0. The Morgan fingerprint density at radius 1 is 1.23 bits per heavy atom. The van der Waals surface area contributed by atoms with Gasteiger partial charge in [-0.3, -0.25) is 0 Å². The quantitative estimate of drug-likeness (QED) is 0.581. The zero-order valence-corrected chi connectivity index (χ0v) is 9.25. The predicted octanol–water partition coefficient (Wildman–Crippen LogP) is 3.71. The first-order valence-corrected chi connectivity index (χ1v) is 4.98. The summed E-state index contributed by atoms with van der Waals surface area (Å²) in [6, 6.07) is 0. The first kappa shape index (κ1) is 12.0. The van der Waals surface area contributed by atoms with E-state index in [1.54, 1.807) is 0 Å². The van der Waals surface area contributed by atoms with Crippen LogP contribution in [0.2, 0.25) is 0 Å². The van der Waals surface area contributed by atoms with Crippen LogP contribution < -0.4 is 0 Å². The van der Waals surface area contributed by atoms with E-state index in [1.165, 1.54) is 5.70 Å². The van der Waals surface area contributed by atoms with E-state index in [1.807, 2.05) is 13.0 Å². The highest BCUT2D eigenvalue weighted by Gasteiger charge is 1.94. The van der Waals surface area contributed by atoms with E-state index < -0.39 is 0 Å². The molecule has 0 fully saturated rings. The van der Waals surface area contributed by atoms with Gasteiger partial charge in [-0.15, -0.1) is 0 Å². The largest absolute Gasteiger partial charge is 0.352 e. The van der Waals surface area contributed by atoms with E-state index >= 15 is 0 Å². The van der Waals surface area contributed by atoms with Crippen molar-refractivity contribution in [2.75, 3.05) is 7.05 Å². The molecule has 0 amide bonds. The predicted molar refractivity (Wildman–Crippen MR) is 60.4 cm³/mol. The van der Waals surface area contributed by atoms with E-state index in [0.29, 0.717) is 0 Å². The lowest BCUT2D eigenvalue weighted by Gasteiger charge is -2.14. The Balaban J connectivity index is 4.41. The highest BCUT2D eigenvalue weighted by molar-refractivity contribution is 5.18. The van der Waals surface area contributed by atoms with Crippen LogP contribution in [0.5, 0.6) is 0 Å². The van der Waals surface area contributed by atoms with Crippen LogP contribution in [0.15, 0.2) is 36.2 Å². The van der Waals surface area contributed by atoms with Crippen molar-refractivity contribution in [2.45, 2.75) is 33.6 Å². The molecule has 0 aliphatic rings. The summed E-state index contributed by atoms with van der Waals surface area (Å²) >= 11 is 0. The molecule has 1 nitrogen and oxygen atoms in total. The van der Waals surface area contributed by atoms with E-state index in [-0.39, 0.29) is 0 Å². The minimum Gasteiger partial charge on any atom is -0.352 e. The third-order valence-corrected chi connectivity index (χ3v) is 1.72. The summed E-state index contributed by atoms with van der Waals surface area (Å²) in [6.45, 7) is 6.34. The van der Waals surface area contributed by atoms with Gasteiger partial charge in [-0.1, -0.05) is 32.1 Å². The number of rotatable bonds is 5. The summed E-state index contributed by atoms with van der Waals surface area (Å²) in [4.78, 5) is 2.13. The number of hydrogen-bond acceptors (Lipinski definition) is 1. The number of likely N-dealkylation sites (N-methyl/N-ethyl adjacent to an activating group) is 1. The third-order valence-electron chi connectivity index (χ3n) is 1.72. The van der Waals surface area contributed by atoms with E-state index in [0.717, 1.165) is 12.8 Å². The summed E-state index contributed by atoms with van der Waals surface area (Å²) in [5, 5.41) is 0. The molecular formula is C12H21N. The SMILES string of the molecule is CC=CN(C)C(C=CCC)=CCC. The zero-order chi connectivity index (χ0) is 10.1. The molecule has 0 aromatic carbocycles. The van der Waals surface area contributed by atoms with Crippen LogP contribution in [0, 0.1) is 0 Å². The third kappa shape index (κ3) is 5.29. The van der Waals surface area contributed by atoms with E-state index in [9.17, 15) is 0 Å². The molecule has 0 aliphatic heterocycles. The number of hydrogen-bond donors (Lipinski definition) is 0. The number of nitrogens with zero attached hydrogens (tertiary/aromatic N) is 1. The van der Waals surface area contributed by atoms with Crippen LogP contribution in [0.1, 0.15) is 33.6 Å². The molecule has 0 bridgehead atoms. The van der Waals surface area contributed by atoms with E-state index in [4.69, 9.17) is 0 Å². The Morgan fingerprint density at radius 2 is 1.92 bits per heavy atom. The van der Waals surface area contributed by atoms with Crippen molar-refractivity contribution in [3.05, 3.63) is 36.2 Å². The van der Waals surface area contributed by atoms with Crippen LogP contribution in [-0.4, -0.2) is 11.9 Å².